The van der Waals surface area contributed by atoms with E-state index in [1.165, 1.54) is 126 Å². The second-order valence-electron chi connectivity index (χ2n) is 21.5. The molecule has 0 saturated carbocycles. The lowest BCUT2D eigenvalue weighted by Crippen LogP contribution is -2.34. The molecular formula is C60H59N. The van der Waals surface area contributed by atoms with Crippen molar-refractivity contribution in [2.24, 2.45) is 0 Å². The number of hydrogen-bond donors (Lipinski definition) is 0. The van der Waals surface area contributed by atoms with Crippen LogP contribution in [0.25, 0.3) is 33.4 Å². The van der Waals surface area contributed by atoms with Gasteiger partial charge in [0.05, 0.1) is 11.1 Å². The first-order valence-electron chi connectivity index (χ1n) is 22.8. The van der Waals surface area contributed by atoms with Crippen molar-refractivity contribution in [2.75, 3.05) is 4.90 Å². The van der Waals surface area contributed by atoms with Crippen LogP contribution in [0.15, 0.2) is 146 Å². The van der Waals surface area contributed by atoms with Gasteiger partial charge in [0.15, 0.2) is 0 Å². The Morgan fingerprint density at radius 3 is 1.34 bits per heavy atom. The molecule has 0 amide bonds. The molecule has 4 aliphatic rings. The molecule has 0 saturated heterocycles. The summed E-state index contributed by atoms with van der Waals surface area (Å²) in [6.07, 6.45) is 4.75. The molecule has 11 rings (SSSR count). The quantitative estimate of drug-likeness (QED) is 0.172. The summed E-state index contributed by atoms with van der Waals surface area (Å²) in [5, 5.41) is 0. The highest BCUT2D eigenvalue weighted by Crippen LogP contribution is 2.64. The second kappa shape index (κ2) is 12.9. The fourth-order valence-corrected chi connectivity index (χ4v) is 12.3. The minimum absolute atomic E-state index is 0.0699. The Morgan fingerprint density at radius 1 is 0.328 bits per heavy atom. The van der Waals surface area contributed by atoms with E-state index >= 15 is 0 Å². The van der Waals surface area contributed by atoms with Crippen molar-refractivity contribution in [3.63, 3.8) is 0 Å². The van der Waals surface area contributed by atoms with Gasteiger partial charge in [-0.2, -0.15) is 0 Å². The van der Waals surface area contributed by atoms with Crippen molar-refractivity contribution in [1.29, 1.82) is 0 Å². The normalized spacial score (nSPS) is 18.6. The maximum atomic E-state index is 2.62. The van der Waals surface area contributed by atoms with E-state index in [1.807, 2.05) is 0 Å². The molecule has 0 unspecified atom stereocenters. The lowest BCUT2D eigenvalue weighted by atomic mass is 9.62. The Balaban J connectivity index is 1.28. The number of anilines is 3. The van der Waals surface area contributed by atoms with Crippen LogP contribution in [0.5, 0.6) is 0 Å². The van der Waals surface area contributed by atoms with Crippen molar-refractivity contribution >= 4 is 17.1 Å². The highest BCUT2D eigenvalue weighted by molar-refractivity contribution is 6.00. The summed E-state index contributed by atoms with van der Waals surface area (Å²) in [6.45, 7) is 22.0. The number of aryl methyl sites for hydroxylation is 1. The number of hydrogen-bond acceptors (Lipinski definition) is 1. The van der Waals surface area contributed by atoms with Gasteiger partial charge in [0, 0.05) is 16.9 Å². The van der Waals surface area contributed by atoms with E-state index in [9.17, 15) is 0 Å². The molecule has 0 heterocycles. The molecule has 7 aromatic rings. The van der Waals surface area contributed by atoms with Crippen molar-refractivity contribution in [2.45, 2.75) is 115 Å². The third kappa shape index (κ3) is 5.38. The first kappa shape index (κ1) is 38.3. The zero-order valence-electron chi connectivity index (χ0n) is 37.6. The molecule has 0 aromatic heterocycles. The number of rotatable bonds is 4. The average molecular weight is 794 g/mol. The molecule has 1 spiro atoms. The van der Waals surface area contributed by atoms with Gasteiger partial charge in [0.25, 0.3) is 0 Å². The average Bonchev–Trinajstić information content (AvgIpc) is 3.71. The van der Waals surface area contributed by atoms with Gasteiger partial charge >= 0.3 is 0 Å². The smallest absolute Gasteiger partial charge is 0.0726 e. The first-order chi connectivity index (χ1) is 29.1. The van der Waals surface area contributed by atoms with Gasteiger partial charge < -0.3 is 4.90 Å². The zero-order valence-corrected chi connectivity index (χ0v) is 37.6. The summed E-state index contributed by atoms with van der Waals surface area (Å²) in [6, 6.07) is 56.6. The van der Waals surface area contributed by atoms with Gasteiger partial charge in [-0.05, 0) is 175 Å². The van der Waals surface area contributed by atoms with Crippen LogP contribution in [0.3, 0.4) is 0 Å². The first-order valence-corrected chi connectivity index (χ1v) is 22.8. The van der Waals surface area contributed by atoms with Crippen LogP contribution in [-0.2, 0) is 27.1 Å². The van der Waals surface area contributed by atoms with Crippen LogP contribution in [0.4, 0.5) is 17.1 Å². The summed E-state index contributed by atoms with van der Waals surface area (Å²) in [4.78, 5) is 2.60. The number of nitrogens with zero attached hydrogens (tertiary/aromatic N) is 1. The summed E-state index contributed by atoms with van der Waals surface area (Å²) < 4.78 is 0. The summed E-state index contributed by atoms with van der Waals surface area (Å²) >= 11 is 0. The van der Waals surface area contributed by atoms with Gasteiger partial charge in [-0.1, -0.05) is 159 Å². The SMILES string of the molecule is Cc1cc2c(cc1-c1cc3c(cc1N(c1ccccc1)c1ccc4c(c1)C(C)(C)CCC4(C)C)C1(c4ccccc4-c4ccccc41)c1ccccc1-3)C(C)(C)CCC2(C)C. The standard InChI is InChI=1S/C60H59N/c1-38-33-52-54(59(8,9)32-31-57(52,4)5)36-44(38)46-35-45-43-23-15-18-26-49(43)60(47-24-16-13-21-41(47)42-22-14-17-25-48(42)60)51(45)37-55(46)61(39-19-11-10-12-20-39)40-27-28-50-53(34-40)58(6,7)30-29-56(50,2)3/h10-28,33-37H,29-32H2,1-9H3. The molecule has 0 bridgehead atoms. The van der Waals surface area contributed by atoms with Crippen LogP contribution in [0.2, 0.25) is 0 Å². The van der Waals surface area contributed by atoms with Gasteiger partial charge in [0.2, 0.25) is 0 Å². The molecule has 7 aromatic carbocycles. The predicted molar refractivity (Wildman–Crippen MR) is 258 cm³/mol. The summed E-state index contributed by atoms with van der Waals surface area (Å²) in [7, 11) is 0. The molecule has 0 atom stereocenters. The molecule has 1 heteroatoms. The van der Waals surface area contributed by atoms with E-state index < -0.39 is 5.41 Å². The van der Waals surface area contributed by atoms with Crippen LogP contribution >= 0.6 is 0 Å². The molecule has 0 N–H and O–H groups in total. The van der Waals surface area contributed by atoms with E-state index in [1.54, 1.807) is 0 Å². The molecule has 1 nitrogen and oxygen atoms in total. The Labute approximate surface area is 364 Å². The predicted octanol–water partition coefficient (Wildman–Crippen LogP) is 16.2. The summed E-state index contributed by atoms with van der Waals surface area (Å²) in [5.41, 5.74) is 24.3. The summed E-state index contributed by atoms with van der Waals surface area (Å²) in [5.74, 6) is 0. The lowest BCUT2D eigenvalue weighted by Gasteiger charge is -2.43. The van der Waals surface area contributed by atoms with Gasteiger partial charge in [-0.15, -0.1) is 0 Å². The van der Waals surface area contributed by atoms with E-state index in [0.29, 0.717) is 0 Å². The topological polar surface area (TPSA) is 3.24 Å². The maximum absolute atomic E-state index is 2.62. The van der Waals surface area contributed by atoms with Gasteiger partial charge in [-0.25, -0.2) is 0 Å². The number of fused-ring (bicyclic) bond motifs is 12. The molecule has 4 aliphatic carbocycles. The van der Waals surface area contributed by atoms with Crippen LogP contribution in [0.1, 0.15) is 131 Å². The van der Waals surface area contributed by atoms with Crippen molar-refractivity contribution < 1.29 is 0 Å². The Bertz CT molecular complexity index is 2890. The van der Waals surface area contributed by atoms with Crippen molar-refractivity contribution in [1.82, 2.24) is 0 Å². The largest absolute Gasteiger partial charge is 0.310 e. The number of benzene rings is 7. The van der Waals surface area contributed by atoms with Crippen LogP contribution < -0.4 is 4.90 Å². The maximum Gasteiger partial charge on any atom is 0.0726 e. The highest BCUT2D eigenvalue weighted by atomic mass is 15.1. The van der Waals surface area contributed by atoms with E-state index in [-0.39, 0.29) is 21.7 Å². The molecule has 61 heavy (non-hydrogen) atoms. The highest BCUT2D eigenvalue weighted by Gasteiger charge is 2.52. The van der Waals surface area contributed by atoms with Gasteiger partial charge in [0.1, 0.15) is 0 Å². The Kier molecular flexibility index (Phi) is 8.11. The Morgan fingerprint density at radius 2 is 0.787 bits per heavy atom. The van der Waals surface area contributed by atoms with Crippen molar-refractivity contribution in [3.8, 4) is 33.4 Å². The second-order valence-corrected chi connectivity index (χ2v) is 21.5. The van der Waals surface area contributed by atoms with Crippen LogP contribution in [0, 0.1) is 6.92 Å². The fraction of sp³-hybridized carbons (Fsp3) is 0.300. The number of para-hydroxylation sites is 1. The zero-order chi connectivity index (χ0) is 42.3. The van der Waals surface area contributed by atoms with Gasteiger partial charge in [-0.3, -0.25) is 0 Å². The molecule has 0 radical (unpaired) electrons. The molecule has 304 valence electrons. The van der Waals surface area contributed by atoms with E-state index in [2.05, 4.69) is 213 Å². The molecule has 0 fully saturated rings. The fourth-order valence-electron chi connectivity index (χ4n) is 12.3. The monoisotopic (exact) mass is 793 g/mol. The third-order valence-electron chi connectivity index (χ3n) is 16.0. The Hall–Kier alpha value is -5.66. The molecule has 0 aliphatic heterocycles. The van der Waals surface area contributed by atoms with E-state index in [0.717, 1.165) is 0 Å². The third-order valence-corrected chi connectivity index (χ3v) is 16.0. The minimum atomic E-state index is -0.451. The lowest BCUT2D eigenvalue weighted by molar-refractivity contribution is 0.332. The van der Waals surface area contributed by atoms with E-state index in [4.69, 9.17) is 0 Å². The van der Waals surface area contributed by atoms with Crippen LogP contribution in [-0.4, -0.2) is 0 Å². The van der Waals surface area contributed by atoms with Crippen molar-refractivity contribution in [3.05, 3.63) is 196 Å². The minimum Gasteiger partial charge on any atom is -0.310 e. The molecular weight excluding hydrogens is 735 g/mol.